The van der Waals surface area contributed by atoms with Crippen LogP contribution in [0, 0.1) is 27.7 Å². The standard InChI is InChI=1S/2C6H8N2/c1-5-3-8-6(2)4-7-5;1-5-3-6(2)8-4-7-5/h2*3-4H,1-2H3. The number of hydrogen-bond acceptors (Lipinski definition) is 4. The van der Waals surface area contributed by atoms with Gasteiger partial charge in [-0.15, -0.1) is 0 Å². The molecule has 84 valence electrons. The number of hydrogen-bond donors (Lipinski definition) is 0. The second kappa shape index (κ2) is 5.90. The van der Waals surface area contributed by atoms with Gasteiger partial charge in [0.15, 0.2) is 0 Å². The van der Waals surface area contributed by atoms with Gasteiger partial charge in [0.1, 0.15) is 6.33 Å². The van der Waals surface area contributed by atoms with Gasteiger partial charge >= 0.3 is 0 Å². The Morgan fingerprint density at radius 2 is 1.06 bits per heavy atom. The summed E-state index contributed by atoms with van der Waals surface area (Å²) in [4.78, 5) is 15.9. The molecule has 2 aromatic rings. The molecule has 0 atom stereocenters. The maximum Gasteiger partial charge on any atom is 0.115 e. The van der Waals surface area contributed by atoms with E-state index < -0.39 is 0 Å². The molecule has 16 heavy (non-hydrogen) atoms. The maximum atomic E-state index is 4.02. The van der Waals surface area contributed by atoms with Crippen LogP contribution >= 0.6 is 0 Å². The summed E-state index contributed by atoms with van der Waals surface area (Å²) in [5.41, 5.74) is 3.99. The third kappa shape index (κ3) is 4.59. The molecular weight excluding hydrogens is 200 g/mol. The van der Waals surface area contributed by atoms with Crippen LogP contribution in [0.1, 0.15) is 22.8 Å². The molecule has 0 unspecified atom stereocenters. The molecule has 0 N–H and O–H groups in total. The molecule has 2 rings (SSSR count). The van der Waals surface area contributed by atoms with Crippen molar-refractivity contribution in [2.24, 2.45) is 0 Å². The van der Waals surface area contributed by atoms with Gasteiger partial charge in [-0.25, -0.2) is 9.97 Å². The first-order valence-electron chi connectivity index (χ1n) is 5.08. The van der Waals surface area contributed by atoms with Crippen LogP contribution in [0.2, 0.25) is 0 Å². The largest absolute Gasteiger partial charge is 0.258 e. The number of nitrogens with zero attached hydrogens (tertiary/aromatic N) is 4. The predicted molar refractivity (Wildman–Crippen MR) is 63.0 cm³/mol. The van der Waals surface area contributed by atoms with Crippen molar-refractivity contribution in [2.45, 2.75) is 27.7 Å². The summed E-state index contributed by atoms with van der Waals surface area (Å²) < 4.78 is 0. The third-order valence-electron chi connectivity index (χ3n) is 1.85. The molecule has 0 aliphatic rings. The minimum atomic E-state index is 0.968. The van der Waals surface area contributed by atoms with Gasteiger partial charge in [-0.3, -0.25) is 9.97 Å². The molecule has 0 fully saturated rings. The van der Waals surface area contributed by atoms with Crippen LogP contribution in [-0.4, -0.2) is 19.9 Å². The predicted octanol–water partition coefficient (Wildman–Crippen LogP) is 2.19. The minimum Gasteiger partial charge on any atom is -0.258 e. The Kier molecular flexibility index (Phi) is 4.51. The van der Waals surface area contributed by atoms with Crippen LogP contribution in [0.5, 0.6) is 0 Å². The second-order valence-corrected chi connectivity index (χ2v) is 3.60. The third-order valence-corrected chi connectivity index (χ3v) is 1.85. The van der Waals surface area contributed by atoms with E-state index in [0.717, 1.165) is 22.8 Å². The molecule has 0 aliphatic carbocycles. The molecule has 0 aliphatic heterocycles. The van der Waals surface area contributed by atoms with Crippen molar-refractivity contribution in [3.8, 4) is 0 Å². The minimum absolute atomic E-state index is 0.968. The quantitative estimate of drug-likeness (QED) is 0.677. The first-order valence-corrected chi connectivity index (χ1v) is 5.08. The van der Waals surface area contributed by atoms with E-state index in [4.69, 9.17) is 0 Å². The molecule has 0 amide bonds. The average molecular weight is 216 g/mol. The zero-order chi connectivity index (χ0) is 12.0. The summed E-state index contributed by atoms with van der Waals surface area (Å²) in [6.45, 7) is 7.75. The Balaban J connectivity index is 0.000000160. The van der Waals surface area contributed by atoms with Crippen LogP contribution < -0.4 is 0 Å². The van der Waals surface area contributed by atoms with Crippen molar-refractivity contribution in [1.29, 1.82) is 0 Å². The van der Waals surface area contributed by atoms with Gasteiger partial charge in [-0.1, -0.05) is 0 Å². The van der Waals surface area contributed by atoms with Crippen molar-refractivity contribution in [1.82, 2.24) is 19.9 Å². The van der Waals surface area contributed by atoms with Gasteiger partial charge in [0.25, 0.3) is 0 Å². The van der Waals surface area contributed by atoms with Crippen LogP contribution in [0.3, 0.4) is 0 Å². The topological polar surface area (TPSA) is 51.6 Å². The van der Waals surface area contributed by atoms with Crippen LogP contribution in [0.4, 0.5) is 0 Å². The van der Waals surface area contributed by atoms with E-state index in [-0.39, 0.29) is 0 Å². The molecule has 0 radical (unpaired) electrons. The van der Waals surface area contributed by atoms with Crippen molar-refractivity contribution < 1.29 is 0 Å². The fraction of sp³-hybridized carbons (Fsp3) is 0.333. The lowest BCUT2D eigenvalue weighted by molar-refractivity contribution is 1.05. The fourth-order valence-electron chi connectivity index (χ4n) is 1.04. The van der Waals surface area contributed by atoms with Gasteiger partial charge < -0.3 is 0 Å². The highest BCUT2D eigenvalue weighted by molar-refractivity contribution is 5.03. The van der Waals surface area contributed by atoms with Gasteiger partial charge in [0.05, 0.1) is 11.4 Å². The fourth-order valence-corrected chi connectivity index (χ4v) is 1.04. The van der Waals surface area contributed by atoms with E-state index in [1.807, 2.05) is 33.8 Å². The molecule has 0 bridgehead atoms. The summed E-state index contributed by atoms with van der Waals surface area (Å²) in [5, 5.41) is 0. The van der Waals surface area contributed by atoms with Gasteiger partial charge in [0.2, 0.25) is 0 Å². The highest BCUT2D eigenvalue weighted by Gasteiger charge is 1.83. The van der Waals surface area contributed by atoms with E-state index in [1.165, 1.54) is 0 Å². The van der Waals surface area contributed by atoms with Crippen LogP contribution in [0.25, 0.3) is 0 Å². The Labute approximate surface area is 95.8 Å². The number of rotatable bonds is 0. The second-order valence-electron chi connectivity index (χ2n) is 3.60. The Bertz CT molecular complexity index is 399. The lowest BCUT2D eigenvalue weighted by atomic mass is 10.4. The van der Waals surface area contributed by atoms with E-state index in [0.29, 0.717) is 0 Å². The van der Waals surface area contributed by atoms with Crippen LogP contribution in [0.15, 0.2) is 24.8 Å². The molecule has 2 aromatic heterocycles. The first kappa shape index (κ1) is 12.2. The normalized spacial score (nSPS) is 9.25. The molecule has 2 heterocycles. The monoisotopic (exact) mass is 216 g/mol. The Morgan fingerprint density at radius 3 is 1.31 bits per heavy atom. The van der Waals surface area contributed by atoms with Crippen molar-refractivity contribution in [3.05, 3.63) is 47.6 Å². The van der Waals surface area contributed by atoms with Gasteiger partial charge in [0, 0.05) is 23.8 Å². The highest BCUT2D eigenvalue weighted by Crippen LogP contribution is 1.91. The smallest absolute Gasteiger partial charge is 0.115 e. The van der Waals surface area contributed by atoms with Crippen molar-refractivity contribution in [2.75, 3.05) is 0 Å². The molecular formula is C12H16N4. The summed E-state index contributed by atoms with van der Waals surface area (Å²) >= 11 is 0. The Morgan fingerprint density at radius 1 is 0.625 bits per heavy atom. The molecule has 0 saturated heterocycles. The molecule has 0 aromatic carbocycles. The van der Waals surface area contributed by atoms with Crippen LogP contribution in [-0.2, 0) is 0 Å². The SMILES string of the molecule is Cc1cc(C)ncn1.Cc1cnc(C)cn1. The molecule has 0 spiro atoms. The zero-order valence-electron chi connectivity index (χ0n) is 10.1. The Hall–Kier alpha value is -1.84. The van der Waals surface area contributed by atoms with Crippen molar-refractivity contribution >= 4 is 0 Å². The van der Waals surface area contributed by atoms with Gasteiger partial charge in [-0.2, -0.15) is 0 Å². The van der Waals surface area contributed by atoms with E-state index >= 15 is 0 Å². The van der Waals surface area contributed by atoms with E-state index in [2.05, 4.69) is 19.9 Å². The molecule has 0 saturated carbocycles. The van der Waals surface area contributed by atoms with Gasteiger partial charge in [-0.05, 0) is 33.8 Å². The average Bonchev–Trinajstić information content (AvgIpc) is 2.23. The lowest BCUT2D eigenvalue weighted by Crippen LogP contribution is -1.84. The molecule has 4 nitrogen and oxygen atoms in total. The summed E-state index contributed by atoms with van der Waals surface area (Å²) in [6, 6.07) is 1.94. The highest BCUT2D eigenvalue weighted by atomic mass is 14.8. The van der Waals surface area contributed by atoms with E-state index in [1.54, 1.807) is 18.7 Å². The lowest BCUT2D eigenvalue weighted by Gasteiger charge is -1.89. The maximum absolute atomic E-state index is 4.02. The summed E-state index contributed by atoms with van der Waals surface area (Å²) in [5.74, 6) is 0. The molecule has 4 heteroatoms. The van der Waals surface area contributed by atoms with E-state index in [9.17, 15) is 0 Å². The summed E-state index contributed by atoms with van der Waals surface area (Å²) in [7, 11) is 0. The number of aromatic nitrogens is 4. The van der Waals surface area contributed by atoms with Crippen molar-refractivity contribution in [3.63, 3.8) is 0 Å². The first-order chi connectivity index (χ1) is 7.58. The zero-order valence-corrected chi connectivity index (χ0v) is 10.1. The summed E-state index contributed by atoms with van der Waals surface area (Å²) in [6.07, 6.45) is 5.09. The number of aryl methyl sites for hydroxylation is 4.